The number of carbonyl (C=O) groups excluding carboxylic acids is 1. The molecule has 1 aliphatic carbocycles. The van der Waals surface area contributed by atoms with E-state index in [0.717, 1.165) is 18.7 Å². The van der Waals surface area contributed by atoms with Crippen LogP contribution in [-0.4, -0.2) is 20.5 Å². The number of pyridine rings is 1. The number of fused-ring (bicyclic) bond motifs is 1. The van der Waals surface area contributed by atoms with E-state index in [9.17, 15) is 4.79 Å². The fourth-order valence-corrected chi connectivity index (χ4v) is 2.46. The van der Waals surface area contributed by atoms with Gasteiger partial charge in [-0.1, -0.05) is 11.6 Å². The van der Waals surface area contributed by atoms with Gasteiger partial charge < -0.3 is 5.32 Å². The van der Waals surface area contributed by atoms with Crippen molar-refractivity contribution in [1.82, 2.24) is 14.6 Å². The van der Waals surface area contributed by atoms with E-state index in [4.69, 9.17) is 11.6 Å². The van der Waals surface area contributed by atoms with Crippen molar-refractivity contribution >= 4 is 28.8 Å². The zero-order valence-electron chi connectivity index (χ0n) is 11.7. The second kappa shape index (κ2) is 5.10. The molecular formula is C16H13ClN4O. The van der Waals surface area contributed by atoms with Gasteiger partial charge in [0.05, 0.1) is 5.69 Å². The molecule has 110 valence electrons. The van der Waals surface area contributed by atoms with Gasteiger partial charge in [-0.3, -0.25) is 4.79 Å². The Hall–Kier alpha value is -2.40. The van der Waals surface area contributed by atoms with Crippen LogP contribution in [-0.2, 0) is 0 Å². The number of benzene rings is 1. The first-order chi connectivity index (χ1) is 10.7. The van der Waals surface area contributed by atoms with Crippen molar-refractivity contribution in [3.63, 3.8) is 0 Å². The monoisotopic (exact) mass is 312 g/mol. The van der Waals surface area contributed by atoms with Crippen LogP contribution in [0.2, 0.25) is 5.02 Å². The summed E-state index contributed by atoms with van der Waals surface area (Å²) in [5.74, 6) is 1.13. The summed E-state index contributed by atoms with van der Waals surface area (Å²) in [4.78, 5) is 16.9. The van der Waals surface area contributed by atoms with E-state index in [-0.39, 0.29) is 5.91 Å². The SMILES string of the molecule is O=C(Nc1cccn2nc(C3CC3)nc12)c1ccc(Cl)cc1. The van der Waals surface area contributed by atoms with Crippen molar-refractivity contribution in [2.24, 2.45) is 0 Å². The Bertz CT molecular complexity index is 852. The topological polar surface area (TPSA) is 59.3 Å². The van der Waals surface area contributed by atoms with Crippen LogP contribution < -0.4 is 5.32 Å². The van der Waals surface area contributed by atoms with Crippen LogP contribution in [0, 0.1) is 0 Å². The zero-order chi connectivity index (χ0) is 15.1. The highest BCUT2D eigenvalue weighted by atomic mass is 35.5. The molecule has 0 bridgehead atoms. The Labute approximate surface area is 131 Å². The first-order valence-corrected chi connectivity index (χ1v) is 7.51. The van der Waals surface area contributed by atoms with Crippen molar-refractivity contribution in [2.75, 3.05) is 5.32 Å². The third-order valence-electron chi connectivity index (χ3n) is 3.68. The van der Waals surface area contributed by atoms with Crippen LogP contribution >= 0.6 is 11.6 Å². The third-order valence-corrected chi connectivity index (χ3v) is 3.93. The summed E-state index contributed by atoms with van der Waals surface area (Å²) in [7, 11) is 0. The lowest BCUT2D eigenvalue weighted by atomic mass is 10.2. The summed E-state index contributed by atoms with van der Waals surface area (Å²) < 4.78 is 1.71. The molecule has 0 aliphatic heterocycles. The maximum absolute atomic E-state index is 12.3. The molecule has 1 amide bonds. The Morgan fingerprint density at radius 1 is 1.23 bits per heavy atom. The number of halogens is 1. The molecule has 1 aliphatic rings. The summed E-state index contributed by atoms with van der Waals surface area (Å²) in [5, 5.41) is 7.95. The maximum atomic E-state index is 12.3. The van der Waals surface area contributed by atoms with Gasteiger partial charge in [0.2, 0.25) is 0 Å². The molecule has 0 unspecified atom stereocenters. The largest absolute Gasteiger partial charge is 0.319 e. The predicted octanol–water partition coefficient (Wildman–Crippen LogP) is 3.51. The molecular weight excluding hydrogens is 300 g/mol. The molecule has 2 heterocycles. The van der Waals surface area contributed by atoms with E-state index in [1.54, 1.807) is 28.8 Å². The minimum absolute atomic E-state index is 0.194. The lowest BCUT2D eigenvalue weighted by Crippen LogP contribution is -2.12. The fraction of sp³-hybridized carbons (Fsp3) is 0.188. The summed E-state index contributed by atoms with van der Waals surface area (Å²) in [6, 6.07) is 10.4. The van der Waals surface area contributed by atoms with E-state index < -0.39 is 0 Å². The van der Waals surface area contributed by atoms with Gasteiger partial charge in [0.15, 0.2) is 11.5 Å². The van der Waals surface area contributed by atoms with E-state index in [1.807, 2.05) is 18.3 Å². The zero-order valence-corrected chi connectivity index (χ0v) is 12.4. The first-order valence-electron chi connectivity index (χ1n) is 7.13. The first kappa shape index (κ1) is 13.3. The molecule has 0 atom stereocenters. The van der Waals surface area contributed by atoms with Gasteiger partial charge in [-0.05, 0) is 49.2 Å². The van der Waals surface area contributed by atoms with E-state index in [2.05, 4.69) is 15.4 Å². The summed E-state index contributed by atoms with van der Waals surface area (Å²) in [6.07, 6.45) is 4.12. The number of hydrogen-bond acceptors (Lipinski definition) is 3. The van der Waals surface area contributed by atoms with Gasteiger partial charge in [0.25, 0.3) is 5.91 Å². The minimum Gasteiger partial charge on any atom is -0.319 e. The molecule has 2 aromatic heterocycles. The second-order valence-corrected chi connectivity index (χ2v) is 5.83. The van der Waals surface area contributed by atoms with Crippen LogP contribution in [0.4, 0.5) is 5.69 Å². The Balaban J connectivity index is 1.65. The predicted molar refractivity (Wildman–Crippen MR) is 84.4 cm³/mol. The van der Waals surface area contributed by atoms with Crippen LogP contribution in [0.1, 0.15) is 34.9 Å². The standard InChI is InChI=1S/C16H13ClN4O/c17-12-7-5-11(6-8-12)16(22)18-13-2-1-9-21-15(13)19-14(20-21)10-3-4-10/h1-2,5-10H,3-4H2,(H,18,22). The summed E-state index contributed by atoms with van der Waals surface area (Å²) in [6.45, 7) is 0. The maximum Gasteiger partial charge on any atom is 0.255 e. The summed E-state index contributed by atoms with van der Waals surface area (Å²) in [5.41, 5.74) is 1.88. The van der Waals surface area contributed by atoms with E-state index in [0.29, 0.717) is 27.8 Å². The number of carbonyl (C=O) groups is 1. The molecule has 22 heavy (non-hydrogen) atoms. The Morgan fingerprint density at radius 3 is 2.73 bits per heavy atom. The molecule has 4 rings (SSSR count). The van der Waals surface area contributed by atoms with Crippen molar-refractivity contribution in [3.05, 3.63) is 59.0 Å². The Morgan fingerprint density at radius 2 is 2.00 bits per heavy atom. The number of amides is 1. The highest BCUT2D eigenvalue weighted by molar-refractivity contribution is 6.30. The number of nitrogens with zero attached hydrogens (tertiary/aromatic N) is 3. The minimum atomic E-state index is -0.194. The van der Waals surface area contributed by atoms with Crippen molar-refractivity contribution in [2.45, 2.75) is 18.8 Å². The van der Waals surface area contributed by atoms with Crippen molar-refractivity contribution < 1.29 is 4.79 Å². The van der Waals surface area contributed by atoms with Gasteiger partial charge in [-0.2, -0.15) is 5.10 Å². The van der Waals surface area contributed by atoms with Crippen molar-refractivity contribution in [1.29, 1.82) is 0 Å². The van der Waals surface area contributed by atoms with E-state index >= 15 is 0 Å². The van der Waals surface area contributed by atoms with Gasteiger partial charge in [-0.25, -0.2) is 9.50 Å². The molecule has 3 aromatic rings. The molecule has 1 aromatic carbocycles. The molecule has 0 spiro atoms. The van der Waals surface area contributed by atoms with Gasteiger partial charge in [0.1, 0.15) is 0 Å². The highest BCUT2D eigenvalue weighted by Crippen LogP contribution is 2.38. The second-order valence-electron chi connectivity index (χ2n) is 5.40. The smallest absolute Gasteiger partial charge is 0.255 e. The third kappa shape index (κ3) is 2.44. The Kier molecular flexibility index (Phi) is 3.08. The van der Waals surface area contributed by atoms with Crippen LogP contribution in [0.3, 0.4) is 0 Å². The van der Waals surface area contributed by atoms with Crippen molar-refractivity contribution in [3.8, 4) is 0 Å². The number of rotatable bonds is 3. The average molecular weight is 313 g/mol. The summed E-state index contributed by atoms with van der Waals surface area (Å²) >= 11 is 5.84. The number of anilines is 1. The molecule has 1 N–H and O–H groups in total. The van der Waals surface area contributed by atoms with Gasteiger partial charge >= 0.3 is 0 Å². The number of nitrogens with one attached hydrogen (secondary N) is 1. The average Bonchev–Trinajstić information content (AvgIpc) is 3.27. The quantitative estimate of drug-likeness (QED) is 0.805. The van der Waals surface area contributed by atoms with E-state index in [1.165, 1.54) is 0 Å². The fourth-order valence-electron chi connectivity index (χ4n) is 2.33. The van der Waals surface area contributed by atoms with Gasteiger partial charge in [-0.15, -0.1) is 0 Å². The molecule has 0 radical (unpaired) electrons. The normalized spacial score (nSPS) is 14.2. The molecule has 1 fully saturated rings. The number of hydrogen-bond donors (Lipinski definition) is 1. The lowest BCUT2D eigenvalue weighted by molar-refractivity contribution is 0.102. The van der Waals surface area contributed by atoms with Crippen LogP contribution in [0.15, 0.2) is 42.6 Å². The molecule has 1 saturated carbocycles. The van der Waals surface area contributed by atoms with Crippen LogP contribution in [0.25, 0.3) is 5.65 Å². The van der Waals surface area contributed by atoms with Crippen LogP contribution in [0.5, 0.6) is 0 Å². The molecule has 6 heteroatoms. The highest BCUT2D eigenvalue weighted by Gasteiger charge is 2.28. The molecule has 5 nitrogen and oxygen atoms in total. The number of aromatic nitrogens is 3. The van der Waals surface area contributed by atoms with Gasteiger partial charge in [0, 0.05) is 22.7 Å². The lowest BCUT2D eigenvalue weighted by Gasteiger charge is -2.06. The molecule has 0 saturated heterocycles.